The van der Waals surface area contributed by atoms with Gasteiger partial charge in [0.2, 0.25) is 0 Å². The largest absolute Gasteiger partial charge is 0.507 e. The summed E-state index contributed by atoms with van der Waals surface area (Å²) in [5.41, 5.74) is 3.39. The molecule has 0 bridgehead atoms. The molecule has 1 aromatic carbocycles. The molecule has 2 heteroatoms. The van der Waals surface area contributed by atoms with Gasteiger partial charge in [-0.15, -0.1) is 0 Å². The Balaban J connectivity index is 2.49. The second-order valence-corrected chi connectivity index (χ2v) is 5.04. The number of benzene rings is 1. The topological polar surface area (TPSA) is 32.3 Å². The van der Waals surface area contributed by atoms with E-state index in [9.17, 15) is 5.11 Å². The molecule has 16 heavy (non-hydrogen) atoms. The van der Waals surface area contributed by atoms with Crippen LogP contribution >= 0.6 is 0 Å². The van der Waals surface area contributed by atoms with E-state index in [1.165, 1.54) is 12.0 Å². The molecule has 1 aliphatic rings. The minimum atomic E-state index is 0.345. The monoisotopic (exact) mass is 219 g/mol. The minimum Gasteiger partial charge on any atom is -0.507 e. The highest BCUT2D eigenvalue weighted by Crippen LogP contribution is 2.38. The number of hydrogen-bond donors (Lipinski definition) is 2. The maximum atomic E-state index is 10.2. The molecule has 1 aliphatic heterocycles. The number of nitrogens with one attached hydrogen (secondary N) is 1. The van der Waals surface area contributed by atoms with E-state index < -0.39 is 0 Å². The highest BCUT2D eigenvalue weighted by atomic mass is 16.3. The van der Waals surface area contributed by atoms with Crippen molar-refractivity contribution < 1.29 is 5.11 Å². The summed E-state index contributed by atoms with van der Waals surface area (Å²) in [5, 5.41) is 13.7. The van der Waals surface area contributed by atoms with E-state index in [-0.39, 0.29) is 0 Å². The number of aromatic hydroxyl groups is 1. The molecule has 1 heterocycles. The second kappa shape index (κ2) is 4.46. The first kappa shape index (κ1) is 11.5. The Labute approximate surface area is 97.7 Å². The van der Waals surface area contributed by atoms with E-state index in [0.29, 0.717) is 17.7 Å². The Hall–Kier alpha value is -1.02. The lowest BCUT2D eigenvalue weighted by molar-refractivity contribution is 0.450. The summed E-state index contributed by atoms with van der Waals surface area (Å²) in [6.45, 7) is 7.40. The van der Waals surface area contributed by atoms with Crippen molar-refractivity contribution in [2.75, 3.05) is 6.54 Å². The van der Waals surface area contributed by atoms with Crippen LogP contribution in [-0.4, -0.2) is 11.7 Å². The Bertz CT molecular complexity index is 379. The Morgan fingerprint density at radius 2 is 2.12 bits per heavy atom. The number of rotatable bonds is 2. The van der Waals surface area contributed by atoms with Crippen molar-refractivity contribution in [1.82, 2.24) is 5.32 Å². The van der Waals surface area contributed by atoms with E-state index in [2.05, 4.69) is 25.2 Å². The second-order valence-electron chi connectivity index (χ2n) is 5.04. The van der Waals surface area contributed by atoms with Gasteiger partial charge >= 0.3 is 0 Å². The van der Waals surface area contributed by atoms with E-state index in [0.717, 1.165) is 24.1 Å². The molecule has 1 fully saturated rings. The molecule has 1 aromatic rings. The molecule has 0 amide bonds. The van der Waals surface area contributed by atoms with E-state index in [4.69, 9.17) is 0 Å². The van der Waals surface area contributed by atoms with Gasteiger partial charge in [0.15, 0.2) is 0 Å². The number of aryl methyl sites for hydroxylation is 1. The molecule has 2 N–H and O–H groups in total. The van der Waals surface area contributed by atoms with E-state index >= 15 is 0 Å². The zero-order valence-corrected chi connectivity index (χ0v) is 10.4. The van der Waals surface area contributed by atoms with Gasteiger partial charge in [0.25, 0.3) is 0 Å². The van der Waals surface area contributed by atoms with Crippen molar-refractivity contribution in [1.29, 1.82) is 0 Å². The lowest BCUT2D eigenvalue weighted by Gasteiger charge is -2.21. The standard InChI is InChI=1S/C14H21NO/c1-9(2)11-7-6-10(3)14(16)13(11)12-5-4-8-15-12/h6-7,9,12,15-16H,4-5,8H2,1-3H3. The SMILES string of the molecule is Cc1ccc(C(C)C)c(C2CCCN2)c1O. The van der Waals surface area contributed by atoms with Crippen LogP contribution in [0.2, 0.25) is 0 Å². The molecule has 0 spiro atoms. The van der Waals surface area contributed by atoms with Crippen LogP contribution in [-0.2, 0) is 0 Å². The Morgan fingerprint density at radius 3 is 2.69 bits per heavy atom. The average molecular weight is 219 g/mol. The zero-order valence-electron chi connectivity index (χ0n) is 10.4. The zero-order chi connectivity index (χ0) is 11.7. The molecule has 1 unspecified atom stereocenters. The maximum absolute atomic E-state index is 10.2. The molecule has 0 aromatic heterocycles. The fourth-order valence-corrected chi connectivity index (χ4v) is 2.53. The third-order valence-corrected chi connectivity index (χ3v) is 3.48. The van der Waals surface area contributed by atoms with Crippen LogP contribution in [0.15, 0.2) is 12.1 Å². The summed E-state index contributed by atoms with van der Waals surface area (Å²) >= 11 is 0. The molecule has 1 atom stereocenters. The van der Waals surface area contributed by atoms with Crippen molar-refractivity contribution in [3.8, 4) is 5.75 Å². The first-order valence-corrected chi connectivity index (χ1v) is 6.17. The van der Waals surface area contributed by atoms with Crippen LogP contribution < -0.4 is 5.32 Å². The van der Waals surface area contributed by atoms with Crippen LogP contribution in [0, 0.1) is 6.92 Å². The number of hydrogen-bond acceptors (Lipinski definition) is 2. The summed E-state index contributed by atoms with van der Waals surface area (Å²) in [6, 6.07) is 4.52. The van der Waals surface area contributed by atoms with Gasteiger partial charge in [-0.05, 0) is 43.4 Å². The fourth-order valence-electron chi connectivity index (χ4n) is 2.53. The predicted octanol–water partition coefficient (Wildman–Crippen LogP) is 3.25. The first-order chi connectivity index (χ1) is 7.61. The van der Waals surface area contributed by atoms with Gasteiger partial charge in [-0.3, -0.25) is 0 Å². The third-order valence-electron chi connectivity index (χ3n) is 3.48. The summed E-state index contributed by atoms with van der Waals surface area (Å²) in [7, 11) is 0. The smallest absolute Gasteiger partial charge is 0.123 e. The lowest BCUT2D eigenvalue weighted by Crippen LogP contribution is -2.15. The van der Waals surface area contributed by atoms with Crippen LogP contribution in [0.3, 0.4) is 0 Å². The maximum Gasteiger partial charge on any atom is 0.123 e. The third kappa shape index (κ3) is 1.94. The average Bonchev–Trinajstić information content (AvgIpc) is 2.74. The van der Waals surface area contributed by atoms with Crippen molar-refractivity contribution in [2.45, 2.75) is 45.6 Å². The van der Waals surface area contributed by atoms with Gasteiger partial charge in [0.1, 0.15) is 5.75 Å². The number of phenols is 1. The van der Waals surface area contributed by atoms with Crippen molar-refractivity contribution in [3.05, 3.63) is 28.8 Å². The summed E-state index contributed by atoms with van der Waals surface area (Å²) < 4.78 is 0. The summed E-state index contributed by atoms with van der Waals surface area (Å²) in [4.78, 5) is 0. The molecule has 1 saturated heterocycles. The van der Waals surface area contributed by atoms with Crippen molar-refractivity contribution in [3.63, 3.8) is 0 Å². The summed E-state index contributed by atoms with van der Waals surface area (Å²) in [6.07, 6.45) is 2.34. The Kier molecular flexibility index (Phi) is 3.20. The Morgan fingerprint density at radius 1 is 1.38 bits per heavy atom. The van der Waals surface area contributed by atoms with Gasteiger partial charge in [-0.2, -0.15) is 0 Å². The van der Waals surface area contributed by atoms with Gasteiger partial charge in [0, 0.05) is 11.6 Å². The van der Waals surface area contributed by atoms with Crippen LogP contribution in [0.4, 0.5) is 0 Å². The van der Waals surface area contributed by atoms with E-state index in [1.54, 1.807) is 0 Å². The lowest BCUT2D eigenvalue weighted by atomic mass is 9.89. The van der Waals surface area contributed by atoms with Crippen LogP contribution in [0.25, 0.3) is 0 Å². The normalized spacial score (nSPS) is 20.6. The molecule has 2 rings (SSSR count). The molecule has 0 saturated carbocycles. The molecule has 0 radical (unpaired) electrons. The fraction of sp³-hybridized carbons (Fsp3) is 0.571. The molecular formula is C14H21NO. The molecule has 2 nitrogen and oxygen atoms in total. The summed E-state index contributed by atoms with van der Waals surface area (Å²) in [5.74, 6) is 0.953. The molecular weight excluding hydrogens is 198 g/mol. The van der Waals surface area contributed by atoms with Gasteiger partial charge in [-0.1, -0.05) is 26.0 Å². The van der Waals surface area contributed by atoms with Gasteiger partial charge < -0.3 is 10.4 Å². The van der Waals surface area contributed by atoms with Crippen LogP contribution in [0.1, 0.15) is 55.3 Å². The molecule has 88 valence electrons. The van der Waals surface area contributed by atoms with Crippen molar-refractivity contribution >= 4 is 0 Å². The first-order valence-electron chi connectivity index (χ1n) is 6.17. The quantitative estimate of drug-likeness (QED) is 0.800. The van der Waals surface area contributed by atoms with Gasteiger partial charge in [0.05, 0.1) is 0 Å². The minimum absolute atomic E-state index is 0.345. The van der Waals surface area contributed by atoms with Crippen LogP contribution in [0.5, 0.6) is 5.75 Å². The predicted molar refractivity (Wildman–Crippen MR) is 66.9 cm³/mol. The van der Waals surface area contributed by atoms with Gasteiger partial charge in [-0.25, -0.2) is 0 Å². The van der Waals surface area contributed by atoms with E-state index in [1.807, 2.05) is 13.0 Å². The number of phenolic OH excluding ortho intramolecular Hbond substituents is 1. The highest BCUT2D eigenvalue weighted by molar-refractivity contribution is 5.48. The molecule has 0 aliphatic carbocycles. The van der Waals surface area contributed by atoms with Crippen molar-refractivity contribution in [2.24, 2.45) is 0 Å². The highest BCUT2D eigenvalue weighted by Gasteiger charge is 2.24.